The minimum absolute atomic E-state index is 0.0261. The largest absolute Gasteiger partial charge is 0.497 e. The van der Waals surface area contributed by atoms with Gasteiger partial charge in [-0.05, 0) is 70.8 Å². The van der Waals surface area contributed by atoms with E-state index in [-0.39, 0.29) is 5.75 Å². The van der Waals surface area contributed by atoms with Crippen molar-refractivity contribution in [3.63, 3.8) is 0 Å². The lowest BCUT2D eigenvalue weighted by atomic mass is 9.65. The highest BCUT2D eigenvalue weighted by Crippen LogP contribution is 2.46. The van der Waals surface area contributed by atoms with Crippen molar-refractivity contribution in [3.8, 4) is 23.0 Å². The fourth-order valence-electron chi connectivity index (χ4n) is 4.23. The zero-order valence-corrected chi connectivity index (χ0v) is 18.4. The van der Waals surface area contributed by atoms with Crippen LogP contribution in [0, 0.1) is 0 Å². The maximum absolute atomic E-state index is 12.0. The van der Waals surface area contributed by atoms with Crippen LogP contribution < -0.4 is 14.2 Å². The lowest BCUT2D eigenvalue weighted by Crippen LogP contribution is -2.31. The zero-order chi connectivity index (χ0) is 22.6. The fourth-order valence-corrected chi connectivity index (χ4v) is 4.23. The van der Waals surface area contributed by atoms with Gasteiger partial charge in [-0.25, -0.2) is 0 Å². The first-order valence-corrected chi connectivity index (χ1v) is 10.3. The summed E-state index contributed by atoms with van der Waals surface area (Å²) in [5.74, 6) is 2.31. The Bertz CT molecular complexity index is 1030. The van der Waals surface area contributed by atoms with Gasteiger partial charge in [0, 0.05) is 0 Å². The van der Waals surface area contributed by atoms with Crippen LogP contribution in [0.1, 0.15) is 22.3 Å². The molecule has 1 radical (unpaired) electrons. The highest BCUT2D eigenvalue weighted by Gasteiger charge is 2.38. The molecule has 0 atom stereocenters. The topological polar surface area (TPSA) is 47.6 Å². The number of ether oxygens (including phenoxy) is 3. The van der Waals surface area contributed by atoms with Gasteiger partial charge in [0.15, 0.2) is 5.75 Å². The average molecular weight is 426 g/mol. The Morgan fingerprint density at radius 1 is 0.438 bits per heavy atom. The van der Waals surface area contributed by atoms with Gasteiger partial charge in [0.2, 0.25) is 0 Å². The molecule has 0 aliphatic carbocycles. The molecule has 0 amide bonds. The Balaban J connectivity index is 2.06. The predicted octanol–water partition coefficient (Wildman–Crippen LogP) is 6.24. The SMILES string of the molecule is COc1ccc(C(c2ccc([O])cc2)(c2ccc(OC)cc2)c2ccc(OC)cc2)cc1. The summed E-state index contributed by atoms with van der Waals surface area (Å²) in [6.45, 7) is 0. The molecule has 0 heterocycles. The molecule has 0 N–H and O–H groups in total. The van der Waals surface area contributed by atoms with Gasteiger partial charge in [0.05, 0.1) is 26.7 Å². The highest BCUT2D eigenvalue weighted by atomic mass is 16.5. The van der Waals surface area contributed by atoms with Gasteiger partial charge in [0.1, 0.15) is 17.2 Å². The second-order valence-corrected chi connectivity index (χ2v) is 7.46. The predicted molar refractivity (Wildman–Crippen MR) is 125 cm³/mol. The molecule has 4 rings (SSSR count). The van der Waals surface area contributed by atoms with Gasteiger partial charge in [-0.1, -0.05) is 48.5 Å². The molecule has 0 spiro atoms. The van der Waals surface area contributed by atoms with E-state index in [1.165, 1.54) is 0 Å². The summed E-state index contributed by atoms with van der Waals surface area (Å²) in [6.07, 6.45) is 0. The molecule has 4 heteroatoms. The van der Waals surface area contributed by atoms with Crippen molar-refractivity contribution >= 4 is 0 Å². The van der Waals surface area contributed by atoms with E-state index in [4.69, 9.17) is 14.2 Å². The first-order chi connectivity index (χ1) is 15.6. The normalized spacial score (nSPS) is 11.1. The van der Waals surface area contributed by atoms with Crippen LogP contribution in [-0.4, -0.2) is 21.3 Å². The van der Waals surface area contributed by atoms with Gasteiger partial charge >= 0.3 is 0 Å². The number of methoxy groups -OCH3 is 3. The number of hydrogen-bond acceptors (Lipinski definition) is 3. The van der Waals surface area contributed by atoms with Crippen molar-refractivity contribution < 1.29 is 19.3 Å². The summed E-state index contributed by atoms with van der Waals surface area (Å²) in [6, 6.07) is 31.2. The molecule has 0 aromatic heterocycles. The van der Waals surface area contributed by atoms with Crippen molar-refractivity contribution in [2.24, 2.45) is 0 Å². The summed E-state index contributed by atoms with van der Waals surface area (Å²) >= 11 is 0. The maximum Gasteiger partial charge on any atom is 0.178 e. The van der Waals surface area contributed by atoms with E-state index in [9.17, 15) is 5.11 Å². The molecular formula is C28H25O4. The van der Waals surface area contributed by atoms with Crippen molar-refractivity contribution in [2.75, 3.05) is 21.3 Å². The van der Waals surface area contributed by atoms with Crippen molar-refractivity contribution in [2.45, 2.75) is 5.41 Å². The van der Waals surface area contributed by atoms with Gasteiger partial charge in [-0.2, -0.15) is 0 Å². The number of rotatable bonds is 7. The van der Waals surface area contributed by atoms with Crippen LogP contribution in [-0.2, 0) is 10.5 Å². The summed E-state index contributed by atoms with van der Waals surface area (Å²) < 4.78 is 16.2. The summed E-state index contributed by atoms with van der Waals surface area (Å²) in [7, 11) is 4.96. The van der Waals surface area contributed by atoms with Crippen molar-refractivity contribution in [3.05, 3.63) is 119 Å². The third-order valence-corrected chi connectivity index (χ3v) is 5.86. The van der Waals surface area contributed by atoms with Crippen LogP contribution in [0.4, 0.5) is 0 Å². The van der Waals surface area contributed by atoms with Crippen LogP contribution >= 0.6 is 0 Å². The van der Waals surface area contributed by atoms with Crippen LogP contribution in [0.25, 0.3) is 0 Å². The van der Waals surface area contributed by atoms with E-state index in [0.717, 1.165) is 39.5 Å². The van der Waals surface area contributed by atoms with E-state index in [0.29, 0.717) is 0 Å². The van der Waals surface area contributed by atoms with Gasteiger partial charge in [-0.3, -0.25) is 5.11 Å². The highest BCUT2D eigenvalue weighted by molar-refractivity contribution is 5.61. The summed E-state index contributed by atoms with van der Waals surface area (Å²) in [5, 5.41) is 12.0. The van der Waals surface area contributed by atoms with Gasteiger partial charge in [-0.15, -0.1) is 0 Å². The average Bonchev–Trinajstić information content (AvgIpc) is 2.86. The Morgan fingerprint density at radius 2 is 0.688 bits per heavy atom. The first kappa shape index (κ1) is 21.3. The third-order valence-electron chi connectivity index (χ3n) is 5.86. The molecule has 0 bridgehead atoms. The Hall–Kier alpha value is -3.92. The monoisotopic (exact) mass is 425 g/mol. The molecule has 4 nitrogen and oxygen atoms in total. The number of hydrogen-bond donors (Lipinski definition) is 0. The zero-order valence-electron chi connectivity index (χ0n) is 18.4. The van der Waals surface area contributed by atoms with Gasteiger partial charge < -0.3 is 14.2 Å². The maximum atomic E-state index is 12.0. The minimum Gasteiger partial charge on any atom is -0.497 e. The minimum atomic E-state index is -0.668. The molecular weight excluding hydrogens is 400 g/mol. The van der Waals surface area contributed by atoms with E-state index >= 15 is 0 Å². The molecule has 32 heavy (non-hydrogen) atoms. The van der Waals surface area contributed by atoms with E-state index < -0.39 is 5.41 Å². The van der Waals surface area contributed by atoms with E-state index in [1.807, 2.05) is 48.5 Å². The standard InChI is InChI=1S/C28H25O4/c1-30-25-14-6-21(7-15-25)28(20-4-12-24(29)13-5-20,22-8-16-26(31-2)17-9-22)23-10-18-27(32-3)19-11-23/h4-19H,1-3H3. The molecule has 4 aromatic carbocycles. The second kappa shape index (κ2) is 9.06. The molecule has 0 saturated carbocycles. The van der Waals surface area contributed by atoms with Crippen LogP contribution in [0.2, 0.25) is 0 Å². The van der Waals surface area contributed by atoms with Crippen molar-refractivity contribution in [1.82, 2.24) is 0 Å². The van der Waals surface area contributed by atoms with Crippen LogP contribution in [0.5, 0.6) is 23.0 Å². The molecule has 0 aliphatic heterocycles. The first-order valence-electron chi connectivity index (χ1n) is 10.3. The second-order valence-electron chi connectivity index (χ2n) is 7.46. The Kier molecular flexibility index (Phi) is 6.04. The number of benzene rings is 4. The summed E-state index contributed by atoms with van der Waals surface area (Å²) in [5.41, 5.74) is 3.46. The van der Waals surface area contributed by atoms with E-state index in [2.05, 4.69) is 36.4 Å². The summed E-state index contributed by atoms with van der Waals surface area (Å²) in [4.78, 5) is 0. The Labute approximate surface area is 188 Å². The van der Waals surface area contributed by atoms with Crippen LogP contribution in [0.3, 0.4) is 0 Å². The van der Waals surface area contributed by atoms with Crippen molar-refractivity contribution in [1.29, 1.82) is 0 Å². The lowest BCUT2D eigenvalue weighted by molar-refractivity contribution is 0.354. The fraction of sp³-hybridized carbons (Fsp3) is 0.143. The quantitative estimate of drug-likeness (QED) is 0.329. The molecule has 161 valence electrons. The Morgan fingerprint density at radius 3 is 0.938 bits per heavy atom. The van der Waals surface area contributed by atoms with Gasteiger partial charge in [0.25, 0.3) is 0 Å². The molecule has 0 unspecified atom stereocenters. The smallest absolute Gasteiger partial charge is 0.178 e. The van der Waals surface area contributed by atoms with E-state index in [1.54, 1.807) is 33.5 Å². The molecule has 0 aliphatic rings. The van der Waals surface area contributed by atoms with Crippen LogP contribution in [0.15, 0.2) is 97.1 Å². The molecule has 0 fully saturated rings. The molecule has 4 aromatic rings. The molecule has 0 saturated heterocycles. The third kappa shape index (κ3) is 3.76. The lowest BCUT2D eigenvalue weighted by Gasteiger charge is -2.37.